The van der Waals surface area contributed by atoms with Gasteiger partial charge in [-0.2, -0.15) is 0 Å². The second-order valence-electron chi connectivity index (χ2n) is 17.7. The van der Waals surface area contributed by atoms with Gasteiger partial charge in [-0.3, -0.25) is 19.2 Å². The fourth-order valence-corrected chi connectivity index (χ4v) is 8.12. The van der Waals surface area contributed by atoms with Crippen LogP contribution in [0.2, 0.25) is 0 Å². The number of Topliss-reactive ketones (excluding diaryl/α,β-unsaturated/α-hetero) is 4. The molecule has 0 bridgehead atoms. The lowest BCUT2D eigenvalue weighted by atomic mass is 9.65. The zero-order valence-electron chi connectivity index (χ0n) is 33.7. The minimum atomic E-state index is -0.471. The van der Waals surface area contributed by atoms with Crippen LogP contribution in [0.25, 0.3) is 5.57 Å². The highest BCUT2D eigenvalue weighted by molar-refractivity contribution is 6.01. The van der Waals surface area contributed by atoms with Crippen molar-refractivity contribution < 1.29 is 19.2 Å². The lowest BCUT2D eigenvalue weighted by molar-refractivity contribution is -0.132. The van der Waals surface area contributed by atoms with E-state index in [-0.39, 0.29) is 65.1 Å². The van der Waals surface area contributed by atoms with Crippen molar-refractivity contribution in [3.05, 3.63) is 52.6 Å². The Morgan fingerprint density at radius 3 is 1.90 bits per heavy atom. The molecule has 5 unspecified atom stereocenters. The third kappa shape index (κ3) is 11.2. The normalized spacial score (nSPS) is 18.0. The van der Waals surface area contributed by atoms with Gasteiger partial charge in [-0.15, -0.1) is 0 Å². The SMILES string of the molecule is CCC(C(=O)CC(C(=O)/C(C)=C(/CC(C)C(=O)CC(CCCCC(C)C)C(C)=O)C(C)C)C(C)(C)C)C(C)(C)C1=CC(C)c2ccccc21. The van der Waals surface area contributed by atoms with Gasteiger partial charge in [-0.05, 0) is 78.0 Å². The minimum Gasteiger partial charge on any atom is -0.300 e. The topological polar surface area (TPSA) is 68.3 Å². The number of allylic oxidation sites excluding steroid dienone is 4. The zero-order valence-corrected chi connectivity index (χ0v) is 33.7. The van der Waals surface area contributed by atoms with Crippen LogP contribution in [-0.2, 0) is 19.2 Å². The van der Waals surface area contributed by atoms with Crippen molar-refractivity contribution in [2.75, 3.05) is 0 Å². The summed E-state index contributed by atoms with van der Waals surface area (Å²) in [5.74, 6) is 0.144. The molecule has 0 radical (unpaired) electrons. The van der Waals surface area contributed by atoms with Crippen LogP contribution in [0.1, 0.15) is 165 Å². The van der Waals surface area contributed by atoms with E-state index < -0.39 is 11.3 Å². The van der Waals surface area contributed by atoms with E-state index in [4.69, 9.17) is 0 Å². The number of benzene rings is 1. The molecule has 274 valence electrons. The highest BCUT2D eigenvalue weighted by Gasteiger charge is 2.43. The van der Waals surface area contributed by atoms with Crippen molar-refractivity contribution in [1.29, 1.82) is 0 Å². The van der Waals surface area contributed by atoms with Gasteiger partial charge in [0, 0.05) is 42.4 Å². The van der Waals surface area contributed by atoms with Gasteiger partial charge in [-0.1, -0.05) is 138 Å². The fraction of sp³-hybridized carbons (Fsp3) is 0.689. The number of ketones is 4. The van der Waals surface area contributed by atoms with Gasteiger partial charge in [0.25, 0.3) is 0 Å². The van der Waals surface area contributed by atoms with E-state index >= 15 is 0 Å². The van der Waals surface area contributed by atoms with Crippen molar-refractivity contribution in [3.63, 3.8) is 0 Å². The summed E-state index contributed by atoms with van der Waals surface area (Å²) >= 11 is 0. The summed E-state index contributed by atoms with van der Waals surface area (Å²) in [6, 6.07) is 8.51. The molecule has 0 amide bonds. The molecule has 0 aliphatic heterocycles. The Morgan fingerprint density at radius 1 is 0.776 bits per heavy atom. The first-order valence-corrected chi connectivity index (χ1v) is 19.3. The van der Waals surface area contributed by atoms with Crippen LogP contribution in [0.5, 0.6) is 0 Å². The molecule has 0 spiro atoms. The maximum atomic E-state index is 14.5. The van der Waals surface area contributed by atoms with E-state index in [9.17, 15) is 19.2 Å². The third-order valence-corrected chi connectivity index (χ3v) is 11.5. The Hall–Kier alpha value is -2.62. The molecule has 1 aromatic carbocycles. The molecule has 2 rings (SSSR count). The first-order chi connectivity index (χ1) is 22.6. The van der Waals surface area contributed by atoms with E-state index in [1.165, 1.54) is 16.7 Å². The van der Waals surface area contributed by atoms with Crippen LogP contribution in [0.15, 0.2) is 41.5 Å². The fourth-order valence-electron chi connectivity index (χ4n) is 8.12. The highest BCUT2D eigenvalue weighted by Crippen LogP contribution is 2.50. The first kappa shape index (κ1) is 42.5. The van der Waals surface area contributed by atoms with Crippen LogP contribution in [0.3, 0.4) is 0 Å². The molecule has 49 heavy (non-hydrogen) atoms. The highest BCUT2D eigenvalue weighted by atomic mass is 16.1. The molecular formula is C45H70O4. The van der Waals surface area contributed by atoms with Crippen molar-refractivity contribution in [2.24, 2.45) is 46.3 Å². The number of hydrogen-bond donors (Lipinski definition) is 0. The standard InChI is InChI=1S/C45H70O4/c1-15-38(45(13,14)39-25-30(6)35-22-18-19-23-36(35)39)42(48)27-40(44(10,11)12)43(49)32(8)37(29(4)5)24-31(7)41(47)26-34(33(9)46)21-17-16-20-28(2)3/h18-19,22-23,25,28-31,34,38,40H,15-17,20-21,24,26-27H2,1-14H3/b37-32-. The first-order valence-electron chi connectivity index (χ1n) is 19.3. The number of fused-ring (bicyclic) bond motifs is 1. The lowest BCUT2D eigenvalue weighted by Crippen LogP contribution is -2.37. The number of carbonyl (C=O) groups excluding carboxylic acids is 4. The van der Waals surface area contributed by atoms with Gasteiger partial charge in [0.15, 0.2) is 5.78 Å². The van der Waals surface area contributed by atoms with Gasteiger partial charge in [-0.25, -0.2) is 0 Å². The maximum Gasteiger partial charge on any atom is 0.162 e. The second-order valence-corrected chi connectivity index (χ2v) is 17.7. The Labute approximate surface area is 300 Å². The second kappa shape index (κ2) is 18.0. The summed E-state index contributed by atoms with van der Waals surface area (Å²) in [6.45, 7) is 28.9. The molecule has 0 saturated carbocycles. The molecule has 0 fully saturated rings. The van der Waals surface area contributed by atoms with Crippen molar-refractivity contribution in [1.82, 2.24) is 0 Å². The molecule has 0 saturated heterocycles. The van der Waals surface area contributed by atoms with Crippen molar-refractivity contribution in [3.8, 4) is 0 Å². The molecule has 0 aromatic heterocycles. The summed E-state index contributed by atoms with van der Waals surface area (Å²) in [6.07, 6.45) is 7.91. The summed E-state index contributed by atoms with van der Waals surface area (Å²) in [7, 11) is 0. The molecule has 0 N–H and O–H groups in total. The summed E-state index contributed by atoms with van der Waals surface area (Å²) in [5.41, 5.74) is 4.65. The van der Waals surface area contributed by atoms with Gasteiger partial charge < -0.3 is 0 Å². The number of unbranched alkanes of at least 4 members (excludes halogenated alkanes) is 1. The average Bonchev–Trinajstić information content (AvgIpc) is 3.35. The zero-order chi connectivity index (χ0) is 37.4. The number of rotatable bonds is 20. The number of hydrogen-bond acceptors (Lipinski definition) is 4. The maximum absolute atomic E-state index is 14.5. The summed E-state index contributed by atoms with van der Waals surface area (Å²) < 4.78 is 0. The molecule has 4 heteroatoms. The van der Waals surface area contributed by atoms with Gasteiger partial charge in [0.1, 0.15) is 17.3 Å². The summed E-state index contributed by atoms with van der Waals surface area (Å²) in [5, 5.41) is 0. The smallest absolute Gasteiger partial charge is 0.162 e. The van der Waals surface area contributed by atoms with Crippen LogP contribution in [-0.4, -0.2) is 23.1 Å². The molecule has 0 heterocycles. The van der Waals surface area contributed by atoms with Crippen molar-refractivity contribution >= 4 is 28.7 Å². The van der Waals surface area contributed by atoms with E-state index in [2.05, 4.69) is 107 Å². The average molecular weight is 675 g/mol. The van der Waals surface area contributed by atoms with Gasteiger partial charge in [0.2, 0.25) is 0 Å². The monoisotopic (exact) mass is 675 g/mol. The van der Waals surface area contributed by atoms with E-state index in [1.54, 1.807) is 6.92 Å². The quantitative estimate of drug-likeness (QED) is 0.102. The lowest BCUT2D eigenvalue weighted by Gasteiger charge is -2.37. The van der Waals surface area contributed by atoms with E-state index in [1.807, 2.05) is 13.8 Å². The van der Waals surface area contributed by atoms with Crippen molar-refractivity contribution in [2.45, 2.75) is 154 Å². The van der Waals surface area contributed by atoms with Crippen LogP contribution in [0, 0.1) is 46.3 Å². The number of carbonyl (C=O) groups is 4. The molecule has 4 nitrogen and oxygen atoms in total. The van der Waals surface area contributed by atoms with Crippen LogP contribution >= 0.6 is 0 Å². The molecule has 1 aromatic rings. The van der Waals surface area contributed by atoms with E-state index in [0.29, 0.717) is 30.3 Å². The summed E-state index contributed by atoms with van der Waals surface area (Å²) in [4.78, 5) is 54.7. The Kier molecular flexibility index (Phi) is 15.7. The van der Waals surface area contributed by atoms with Crippen LogP contribution in [0.4, 0.5) is 0 Å². The molecule has 5 atom stereocenters. The minimum absolute atomic E-state index is 0.0164. The Balaban J connectivity index is 2.30. The Morgan fingerprint density at radius 2 is 1.37 bits per heavy atom. The van der Waals surface area contributed by atoms with Gasteiger partial charge in [0.05, 0.1) is 0 Å². The third-order valence-electron chi connectivity index (χ3n) is 11.5. The van der Waals surface area contributed by atoms with Crippen LogP contribution < -0.4 is 0 Å². The predicted octanol–water partition coefficient (Wildman–Crippen LogP) is 11.8. The van der Waals surface area contributed by atoms with E-state index in [0.717, 1.165) is 31.3 Å². The predicted molar refractivity (Wildman–Crippen MR) is 206 cm³/mol. The largest absolute Gasteiger partial charge is 0.300 e. The molecular weight excluding hydrogens is 604 g/mol. The molecule has 1 aliphatic rings. The Bertz CT molecular complexity index is 1380. The molecule has 1 aliphatic carbocycles. The van der Waals surface area contributed by atoms with Gasteiger partial charge >= 0.3 is 0 Å².